The van der Waals surface area contributed by atoms with Crippen molar-refractivity contribution < 1.29 is 9.59 Å². The molecule has 1 aliphatic heterocycles. The van der Waals surface area contributed by atoms with Crippen LogP contribution in [0.4, 0.5) is 0 Å². The quantitative estimate of drug-likeness (QED) is 0.641. The Balaban J connectivity index is 1.79. The number of hydrazone groups is 2. The average Bonchev–Trinajstić information content (AvgIpc) is 2.78. The Labute approximate surface area is 127 Å². The van der Waals surface area contributed by atoms with Gasteiger partial charge in [-0.2, -0.15) is 10.2 Å². The minimum absolute atomic E-state index is 0.167. The summed E-state index contributed by atoms with van der Waals surface area (Å²) < 4.78 is 0. The fourth-order valence-electron chi connectivity index (χ4n) is 1.91. The first kappa shape index (κ1) is 15.2. The lowest BCUT2D eigenvalue weighted by Gasteiger charge is -2.06. The second kappa shape index (κ2) is 6.99. The maximum Gasteiger partial charge on any atom is 0.248 e. The maximum absolute atomic E-state index is 11.7. The summed E-state index contributed by atoms with van der Waals surface area (Å²) in [7, 11) is 0. The molecule has 2 rings (SSSR count). The zero-order valence-corrected chi connectivity index (χ0v) is 12.2. The van der Waals surface area contributed by atoms with Crippen LogP contribution in [0, 0.1) is 5.92 Å². The van der Waals surface area contributed by atoms with Crippen molar-refractivity contribution in [1.29, 1.82) is 0 Å². The van der Waals surface area contributed by atoms with Crippen LogP contribution in [0.3, 0.4) is 0 Å². The molecule has 7 heteroatoms. The summed E-state index contributed by atoms with van der Waals surface area (Å²) in [5.74, 6) is -0.756. The van der Waals surface area contributed by atoms with E-state index in [-0.39, 0.29) is 24.2 Å². The highest BCUT2D eigenvalue weighted by Gasteiger charge is 2.26. The number of carbonyl (C=O) groups is 2. The summed E-state index contributed by atoms with van der Waals surface area (Å²) in [6.45, 7) is 1.76. The van der Waals surface area contributed by atoms with Gasteiger partial charge in [0.25, 0.3) is 0 Å². The van der Waals surface area contributed by atoms with Crippen molar-refractivity contribution in [3.63, 3.8) is 0 Å². The molecule has 0 saturated heterocycles. The molecule has 1 atom stereocenters. The van der Waals surface area contributed by atoms with Gasteiger partial charge < -0.3 is 0 Å². The standard InChI is InChI=1S/C14H15ClN4O2/c1-9-11(14(21)19-17-9)6-7-13(20)18-16-8-10-4-2-3-5-12(10)15/h2-5,8,11H,6-7H2,1H3,(H,18,20)(H,19,21). The number of hydrogen-bond donors (Lipinski definition) is 2. The molecule has 0 saturated carbocycles. The predicted molar refractivity (Wildman–Crippen MR) is 81.2 cm³/mol. The van der Waals surface area contributed by atoms with E-state index >= 15 is 0 Å². The number of benzene rings is 1. The first-order chi connectivity index (χ1) is 10.1. The van der Waals surface area contributed by atoms with Crippen LogP contribution < -0.4 is 10.9 Å². The molecule has 21 heavy (non-hydrogen) atoms. The number of rotatable bonds is 5. The molecule has 1 aromatic rings. The van der Waals surface area contributed by atoms with Crippen LogP contribution in [0.15, 0.2) is 34.5 Å². The third-order valence-electron chi connectivity index (χ3n) is 3.12. The van der Waals surface area contributed by atoms with Crippen LogP contribution in [0.2, 0.25) is 5.02 Å². The third-order valence-corrected chi connectivity index (χ3v) is 3.47. The van der Waals surface area contributed by atoms with Crippen molar-refractivity contribution in [2.75, 3.05) is 0 Å². The van der Waals surface area contributed by atoms with E-state index in [1.165, 1.54) is 6.21 Å². The van der Waals surface area contributed by atoms with Crippen LogP contribution in [0.25, 0.3) is 0 Å². The second-order valence-electron chi connectivity index (χ2n) is 4.64. The number of carbonyl (C=O) groups excluding carboxylic acids is 2. The lowest BCUT2D eigenvalue weighted by Crippen LogP contribution is -2.25. The van der Waals surface area contributed by atoms with Crippen molar-refractivity contribution in [2.45, 2.75) is 19.8 Å². The van der Waals surface area contributed by atoms with Crippen molar-refractivity contribution in [3.05, 3.63) is 34.9 Å². The van der Waals surface area contributed by atoms with Gasteiger partial charge >= 0.3 is 0 Å². The highest BCUT2D eigenvalue weighted by molar-refractivity contribution is 6.33. The molecule has 2 amide bonds. The zero-order chi connectivity index (χ0) is 15.2. The average molecular weight is 307 g/mol. The van der Waals surface area contributed by atoms with E-state index in [2.05, 4.69) is 21.1 Å². The van der Waals surface area contributed by atoms with E-state index in [0.717, 1.165) is 5.56 Å². The lowest BCUT2D eigenvalue weighted by atomic mass is 9.99. The molecule has 0 radical (unpaired) electrons. The number of halogens is 1. The second-order valence-corrected chi connectivity index (χ2v) is 5.04. The molecule has 1 aromatic carbocycles. The molecule has 110 valence electrons. The smallest absolute Gasteiger partial charge is 0.248 e. The first-order valence-corrected chi connectivity index (χ1v) is 6.86. The molecule has 0 bridgehead atoms. The topological polar surface area (TPSA) is 82.9 Å². The summed E-state index contributed by atoms with van der Waals surface area (Å²) in [5, 5.41) is 8.24. The highest BCUT2D eigenvalue weighted by atomic mass is 35.5. The summed E-state index contributed by atoms with van der Waals surface area (Å²) in [6, 6.07) is 7.18. The van der Waals surface area contributed by atoms with Gasteiger partial charge in [-0.3, -0.25) is 9.59 Å². The van der Waals surface area contributed by atoms with Gasteiger partial charge in [0.05, 0.1) is 12.1 Å². The number of nitrogens with one attached hydrogen (secondary N) is 2. The molecule has 0 aliphatic carbocycles. The fraction of sp³-hybridized carbons (Fsp3) is 0.286. The molecule has 1 aliphatic rings. The lowest BCUT2D eigenvalue weighted by molar-refractivity contribution is -0.123. The van der Waals surface area contributed by atoms with Gasteiger partial charge in [-0.1, -0.05) is 29.8 Å². The summed E-state index contributed by atoms with van der Waals surface area (Å²) in [4.78, 5) is 23.1. The molecule has 6 nitrogen and oxygen atoms in total. The van der Waals surface area contributed by atoms with E-state index in [1.54, 1.807) is 19.1 Å². The third kappa shape index (κ3) is 4.13. The minimum atomic E-state index is -0.330. The zero-order valence-electron chi connectivity index (χ0n) is 11.5. The Bertz CT molecular complexity index is 613. The van der Waals surface area contributed by atoms with Crippen molar-refractivity contribution in [2.24, 2.45) is 16.1 Å². The molecule has 0 fully saturated rings. The Hall–Kier alpha value is -2.21. The molecular weight excluding hydrogens is 292 g/mol. The molecule has 1 heterocycles. The van der Waals surface area contributed by atoms with Crippen LogP contribution in [0.1, 0.15) is 25.3 Å². The van der Waals surface area contributed by atoms with Crippen LogP contribution in [0.5, 0.6) is 0 Å². The summed E-state index contributed by atoms with van der Waals surface area (Å²) in [5.41, 5.74) is 6.22. The van der Waals surface area contributed by atoms with Gasteiger partial charge in [0, 0.05) is 22.7 Å². The van der Waals surface area contributed by atoms with Gasteiger partial charge in [-0.25, -0.2) is 10.9 Å². The van der Waals surface area contributed by atoms with Crippen LogP contribution >= 0.6 is 11.6 Å². The number of nitrogens with zero attached hydrogens (tertiary/aromatic N) is 2. The van der Waals surface area contributed by atoms with Gasteiger partial charge in [0.1, 0.15) is 0 Å². The van der Waals surface area contributed by atoms with Crippen molar-refractivity contribution in [1.82, 2.24) is 10.9 Å². The van der Waals surface area contributed by atoms with Gasteiger partial charge in [0.2, 0.25) is 11.8 Å². The Morgan fingerprint density at radius 2 is 2.29 bits per heavy atom. The maximum atomic E-state index is 11.7. The summed E-state index contributed by atoms with van der Waals surface area (Å²) in [6.07, 6.45) is 2.09. The summed E-state index contributed by atoms with van der Waals surface area (Å²) >= 11 is 5.96. The Morgan fingerprint density at radius 3 is 2.95 bits per heavy atom. The SMILES string of the molecule is CC1=NNC(=O)C1CCC(=O)NN=Cc1ccccc1Cl. The van der Waals surface area contributed by atoms with Crippen LogP contribution in [-0.4, -0.2) is 23.7 Å². The van der Waals surface area contributed by atoms with Crippen molar-refractivity contribution in [3.8, 4) is 0 Å². The monoisotopic (exact) mass is 306 g/mol. The Kier molecular flexibility index (Phi) is 5.05. The molecule has 0 spiro atoms. The van der Waals surface area contributed by atoms with Gasteiger partial charge in [-0.05, 0) is 19.4 Å². The van der Waals surface area contributed by atoms with Gasteiger partial charge in [0.15, 0.2) is 0 Å². The van der Waals surface area contributed by atoms with E-state index in [1.807, 2.05) is 12.1 Å². The van der Waals surface area contributed by atoms with E-state index in [4.69, 9.17) is 11.6 Å². The Morgan fingerprint density at radius 1 is 1.52 bits per heavy atom. The largest absolute Gasteiger partial charge is 0.273 e. The normalized spacial score (nSPS) is 17.7. The minimum Gasteiger partial charge on any atom is -0.273 e. The highest BCUT2D eigenvalue weighted by Crippen LogP contribution is 2.14. The first-order valence-electron chi connectivity index (χ1n) is 6.48. The molecular formula is C14H15ClN4O2. The molecule has 0 aromatic heterocycles. The fourth-order valence-corrected chi connectivity index (χ4v) is 2.10. The molecule has 1 unspecified atom stereocenters. The van der Waals surface area contributed by atoms with E-state index < -0.39 is 0 Å². The molecule has 2 N–H and O–H groups in total. The van der Waals surface area contributed by atoms with Crippen molar-refractivity contribution >= 4 is 35.3 Å². The predicted octanol–water partition coefficient (Wildman–Crippen LogP) is 1.69. The number of amides is 2. The van der Waals surface area contributed by atoms with Gasteiger partial charge in [-0.15, -0.1) is 0 Å². The van der Waals surface area contributed by atoms with E-state index in [0.29, 0.717) is 17.2 Å². The van der Waals surface area contributed by atoms with Crippen LogP contribution in [-0.2, 0) is 9.59 Å². The van der Waals surface area contributed by atoms with E-state index in [9.17, 15) is 9.59 Å². The number of hydrogen-bond acceptors (Lipinski definition) is 4.